The summed E-state index contributed by atoms with van der Waals surface area (Å²) < 4.78 is 3.34. The summed E-state index contributed by atoms with van der Waals surface area (Å²) in [6.45, 7) is 5.29. The predicted molar refractivity (Wildman–Crippen MR) is 101 cm³/mol. The van der Waals surface area contributed by atoms with E-state index in [1.807, 2.05) is 0 Å². The van der Waals surface area contributed by atoms with E-state index in [2.05, 4.69) is 103 Å². The number of benzene rings is 2. The molecule has 0 aliphatic heterocycles. The van der Waals surface area contributed by atoms with Crippen molar-refractivity contribution < 1.29 is 0 Å². The number of aryl methyl sites for hydroxylation is 1. The molecular formula is C17H18Br3N. The molecule has 0 heterocycles. The van der Waals surface area contributed by atoms with Crippen molar-refractivity contribution in [2.45, 2.75) is 26.3 Å². The van der Waals surface area contributed by atoms with E-state index < -0.39 is 0 Å². The summed E-state index contributed by atoms with van der Waals surface area (Å²) in [7, 11) is 0. The van der Waals surface area contributed by atoms with Gasteiger partial charge in [0.25, 0.3) is 0 Å². The fourth-order valence-electron chi connectivity index (χ4n) is 2.30. The van der Waals surface area contributed by atoms with Crippen LogP contribution in [0.15, 0.2) is 49.8 Å². The first kappa shape index (κ1) is 17.2. The monoisotopic (exact) mass is 473 g/mol. The maximum atomic E-state index is 3.70. The molecule has 2 aromatic carbocycles. The second-order valence-corrected chi connectivity index (χ2v) is 7.70. The van der Waals surface area contributed by atoms with Crippen molar-refractivity contribution in [1.82, 2.24) is 5.32 Å². The fraction of sp³-hybridized carbons (Fsp3) is 0.294. The van der Waals surface area contributed by atoms with Crippen LogP contribution in [0.1, 0.15) is 36.1 Å². The highest BCUT2D eigenvalue weighted by molar-refractivity contribution is 9.11. The normalized spacial score (nSPS) is 12.4. The molecule has 0 spiro atoms. The zero-order valence-corrected chi connectivity index (χ0v) is 16.8. The second kappa shape index (κ2) is 7.91. The molecule has 2 aromatic rings. The lowest BCUT2D eigenvalue weighted by Crippen LogP contribution is -2.24. The van der Waals surface area contributed by atoms with Crippen molar-refractivity contribution in [3.05, 3.63) is 66.5 Å². The Balaban J connectivity index is 2.52. The minimum absolute atomic E-state index is 0.158. The first-order valence-electron chi connectivity index (χ1n) is 6.97. The van der Waals surface area contributed by atoms with E-state index in [-0.39, 0.29) is 6.04 Å². The molecule has 1 atom stereocenters. The van der Waals surface area contributed by atoms with E-state index in [1.54, 1.807) is 0 Å². The summed E-state index contributed by atoms with van der Waals surface area (Å²) in [4.78, 5) is 0. The average molecular weight is 476 g/mol. The molecule has 0 bridgehead atoms. The van der Waals surface area contributed by atoms with Gasteiger partial charge in [-0.05, 0) is 55.3 Å². The Bertz CT molecular complexity index is 574. The molecule has 0 saturated heterocycles. The second-order valence-electron chi connectivity index (χ2n) is 5.08. The minimum atomic E-state index is 0.158. The molecular weight excluding hydrogens is 458 g/mol. The number of halogens is 3. The molecule has 0 radical (unpaired) electrons. The van der Waals surface area contributed by atoms with Gasteiger partial charge in [0.15, 0.2) is 0 Å². The molecule has 0 aliphatic rings. The Kier molecular flexibility index (Phi) is 6.48. The van der Waals surface area contributed by atoms with Crippen LogP contribution in [-0.4, -0.2) is 6.54 Å². The smallest absolute Gasteiger partial charge is 0.0599 e. The molecule has 1 nitrogen and oxygen atoms in total. The maximum Gasteiger partial charge on any atom is 0.0599 e. The average Bonchev–Trinajstić information content (AvgIpc) is 2.46. The van der Waals surface area contributed by atoms with Crippen molar-refractivity contribution >= 4 is 47.8 Å². The summed E-state index contributed by atoms with van der Waals surface area (Å²) in [5, 5.41) is 3.66. The van der Waals surface area contributed by atoms with Crippen LogP contribution in [0.3, 0.4) is 0 Å². The first-order valence-corrected chi connectivity index (χ1v) is 9.35. The largest absolute Gasteiger partial charge is 0.306 e. The van der Waals surface area contributed by atoms with Crippen LogP contribution in [0, 0.1) is 6.92 Å². The minimum Gasteiger partial charge on any atom is -0.306 e. The third-order valence-electron chi connectivity index (χ3n) is 3.33. The lowest BCUT2D eigenvalue weighted by molar-refractivity contribution is 0.594. The molecule has 1 N–H and O–H groups in total. The number of rotatable bonds is 5. The Morgan fingerprint density at radius 1 is 0.952 bits per heavy atom. The van der Waals surface area contributed by atoms with Gasteiger partial charge in [-0.2, -0.15) is 0 Å². The van der Waals surface area contributed by atoms with E-state index in [9.17, 15) is 0 Å². The third-order valence-corrected chi connectivity index (χ3v) is 5.27. The number of nitrogens with one attached hydrogen (secondary N) is 1. The van der Waals surface area contributed by atoms with Gasteiger partial charge in [0.2, 0.25) is 0 Å². The molecule has 0 aromatic heterocycles. The van der Waals surface area contributed by atoms with Crippen LogP contribution in [0.4, 0.5) is 0 Å². The summed E-state index contributed by atoms with van der Waals surface area (Å²) in [6.07, 6.45) is 1.10. The zero-order valence-electron chi connectivity index (χ0n) is 12.1. The van der Waals surface area contributed by atoms with Gasteiger partial charge >= 0.3 is 0 Å². The van der Waals surface area contributed by atoms with Gasteiger partial charge < -0.3 is 5.32 Å². The highest BCUT2D eigenvalue weighted by Gasteiger charge is 2.19. The van der Waals surface area contributed by atoms with Crippen LogP contribution in [0.2, 0.25) is 0 Å². The highest BCUT2D eigenvalue weighted by Crippen LogP contribution is 2.34. The third kappa shape index (κ3) is 4.41. The Morgan fingerprint density at radius 2 is 1.57 bits per heavy atom. The van der Waals surface area contributed by atoms with Gasteiger partial charge in [0.1, 0.15) is 0 Å². The SMILES string of the molecule is CCCNC(c1cc(C)ccc1Br)c1cc(Br)ccc1Br. The van der Waals surface area contributed by atoms with Gasteiger partial charge in [-0.15, -0.1) is 0 Å². The lowest BCUT2D eigenvalue weighted by Gasteiger charge is -2.23. The Morgan fingerprint density at radius 3 is 2.24 bits per heavy atom. The van der Waals surface area contributed by atoms with Crippen LogP contribution in [0.5, 0.6) is 0 Å². The summed E-state index contributed by atoms with van der Waals surface area (Å²) >= 11 is 11.0. The van der Waals surface area contributed by atoms with Crippen molar-refractivity contribution in [3.8, 4) is 0 Å². The van der Waals surface area contributed by atoms with Gasteiger partial charge in [-0.1, -0.05) is 72.4 Å². The van der Waals surface area contributed by atoms with Gasteiger partial charge in [-0.25, -0.2) is 0 Å². The van der Waals surface area contributed by atoms with Crippen LogP contribution < -0.4 is 5.32 Å². The molecule has 0 fully saturated rings. The molecule has 4 heteroatoms. The number of hydrogen-bond acceptors (Lipinski definition) is 1. The lowest BCUT2D eigenvalue weighted by atomic mass is 9.97. The van der Waals surface area contributed by atoms with Crippen molar-refractivity contribution in [1.29, 1.82) is 0 Å². The molecule has 0 aliphatic carbocycles. The van der Waals surface area contributed by atoms with Crippen molar-refractivity contribution in [3.63, 3.8) is 0 Å². The summed E-state index contributed by atoms with van der Waals surface area (Å²) in [6, 6.07) is 13.0. The Hall–Kier alpha value is -0.160. The molecule has 21 heavy (non-hydrogen) atoms. The van der Waals surface area contributed by atoms with Gasteiger partial charge in [0.05, 0.1) is 6.04 Å². The molecule has 1 unspecified atom stereocenters. The van der Waals surface area contributed by atoms with E-state index in [1.165, 1.54) is 16.7 Å². The maximum absolute atomic E-state index is 3.70. The topological polar surface area (TPSA) is 12.0 Å². The van der Waals surface area contributed by atoms with E-state index in [0.717, 1.165) is 26.4 Å². The molecule has 0 amide bonds. The first-order chi connectivity index (χ1) is 10.0. The van der Waals surface area contributed by atoms with E-state index in [4.69, 9.17) is 0 Å². The summed E-state index contributed by atoms with van der Waals surface area (Å²) in [5.74, 6) is 0. The molecule has 112 valence electrons. The van der Waals surface area contributed by atoms with Gasteiger partial charge in [-0.3, -0.25) is 0 Å². The van der Waals surface area contributed by atoms with Gasteiger partial charge in [0, 0.05) is 13.4 Å². The summed E-state index contributed by atoms with van der Waals surface area (Å²) in [5.41, 5.74) is 3.77. The van der Waals surface area contributed by atoms with E-state index >= 15 is 0 Å². The molecule has 2 rings (SSSR count). The van der Waals surface area contributed by atoms with E-state index in [0.29, 0.717) is 0 Å². The predicted octanol–water partition coefficient (Wildman–Crippen LogP) is 6.37. The van der Waals surface area contributed by atoms with Crippen molar-refractivity contribution in [2.75, 3.05) is 6.54 Å². The fourth-order valence-corrected chi connectivity index (χ4v) is 3.63. The van der Waals surface area contributed by atoms with Crippen LogP contribution in [-0.2, 0) is 0 Å². The highest BCUT2D eigenvalue weighted by atomic mass is 79.9. The molecule has 0 saturated carbocycles. The Labute approximate surface area is 151 Å². The van der Waals surface area contributed by atoms with Crippen LogP contribution in [0.25, 0.3) is 0 Å². The standard InChI is InChI=1S/C17H18Br3N/c1-3-8-21-17(13-9-11(2)4-6-15(13)19)14-10-12(18)5-7-16(14)20/h4-7,9-10,17,21H,3,8H2,1-2H3. The zero-order chi connectivity index (χ0) is 15.4. The van der Waals surface area contributed by atoms with Crippen molar-refractivity contribution in [2.24, 2.45) is 0 Å². The van der Waals surface area contributed by atoms with Crippen LogP contribution >= 0.6 is 47.8 Å². The number of hydrogen-bond donors (Lipinski definition) is 1. The quantitative estimate of drug-likeness (QED) is 0.529.